The maximum absolute atomic E-state index is 10.8. The summed E-state index contributed by atoms with van der Waals surface area (Å²) in [5.74, 6) is -0.955. The Morgan fingerprint density at radius 1 is 1.27 bits per heavy atom. The third-order valence-electron chi connectivity index (χ3n) is 2.24. The second-order valence-corrected chi connectivity index (χ2v) is 3.94. The summed E-state index contributed by atoms with van der Waals surface area (Å²) in [4.78, 5) is 10.8. The SMILES string of the molecule is C/C(C(=O)O)=C(/C)c1cccc(Cl)c1Cl. The topological polar surface area (TPSA) is 37.3 Å². The molecular formula is C11H10Cl2O2. The number of carboxylic acid groups (broad SMARTS) is 1. The monoisotopic (exact) mass is 244 g/mol. The molecule has 0 aliphatic heterocycles. The van der Waals surface area contributed by atoms with Gasteiger partial charge >= 0.3 is 5.97 Å². The predicted octanol–water partition coefficient (Wildman–Crippen LogP) is 3.87. The summed E-state index contributed by atoms with van der Waals surface area (Å²) in [5, 5.41) is 9.65. The lowest BCUT2D eigenvalue weighted by Gasteiger charge is -2.07. The zero-order valence-corrected chi connectivity index (χ0v) is 9.86. The fourth-order valence-corrected chi connectivity index (χ4v) is 1.60. The molecule has 0 atom stereocenters. The van der Waals surface area contributed by atoms with Crippen molar-refractivity contribution in [1.29, 1.82) is 0 Å². The first kappa shape index (κ1) is 12.1. The summed E-state index contributed by atoms with van der Waals surface area (Å²) in [6.45, 7) is 3.25. The Morgan fingerprint density at radius 3 is 2.40 bits per heavy atom. The Hall–Kier alpha value is -0.990. The maximum Gasteiger partial charge on any atom is 0.331 e. The van der Waals surface area contributed by atoms with Crippen molar-refractivity contribution in [2.24, 2.45) is 0 Å². The molecule has 0 unspecified atom stereocenters. The number of halogens is 2. The van der Waals surface area contributed by atoms with Crippen LogP contribution in [0.4, 0.5) is 0 Å². The molecule has 1 N–H and O–H groups in total. The van der Waals surface area contributed by atoms with Crippen molar-refractivity contribution in [1.82, 2.24) is 0 Å². The van der Waals surface area contributed by atoms with Gasteiger partial charge in [-0.1, -0.05) is 35.3 Å². The molecule has 0 saturated heterocycles. The highest BCUT2D eigenvalue weighted by molar-refractivity contribution is 6.43. The van der Waals surface area contributed by atoms with Crippen LogP contribution in [0.1, 0.15) is 19.4 Å². The first-order valence-corrected chi connectivity index (χ1v) is 5.06. The fourth-order valence-electron chi connectivity index (χ4n) is 1.16. The van der Waals surface area contributed by atoms with Gasteiger partial charge in [0.2, 0.25) is 0 Å². The van der Waals surface area contributed by atoms with Crippen LogP contribution in [-0.2, 0) is 4.79 Å². The molecule has 0 amide bonds. The van der Waals surface area contributed by atoms with E-state index in [4.69, 9.17) is 28.3 Å². The van der Waals surface area contributed by atoms with Crippen LogP contribution in [0.25, 0.3) is 5.57 Å². The zero-order valence-electron chi connectivity index (χ0n) is 8.34. The largest absolute Gasteiger partial charge is 0.478 e. The molecule has 0 bridgehead atoms. The van der Waals surface area contributed by atoms with Crippen molar-refractivity contribution in [2.45, 2.75) is 13.8 Å². The van der Waals surface area contributed by atoms with Gasteiger partial charge in [0.25, 0.3) is 0 Å². The van der Waals surface area contributed by atoms with Crippen LogP contribution < -0.4 is 0 Å². The summed E-state index contributed by atoms with van der Waals surface area (Å²) < 4.78 is 0. The number of carbonyl (C=O) groups is 1. The number of rotatable bonds is 2. The van der Waals surface area contributed by atoms with Gasteiger partial charge in [-0.2, -0.15) is 0 Å². The number of carboxylic acids is 1. The van der Waals surface area contributed by atoms with Gasteiger partial charge in [-0.15, -0.1) is 0 Å². The van der Waals surface area contributed by atoms with Crippen LogP contribution in [0.2, 0.25) is 10.0 Å². The number of allylic oxidation sites excluding steroid dienone is 1. The van der Waals surface area contributed by atoms with Gasteiger partial charge in [-0.25, -0.2) is 4.79 Å². The molecule has 0 fully saturated rings. The Morgan fingerprint density at radius 2 is 1.87 bits per heavy atom. The lowest BCUT2D eigenvalue weighted by molar-refractivity contribution is -0.132. The first-order chi connectivity index (χ1) is 6.95. The Labute approximate surface area is 98.1 Å². The van der Waals surface area contributed by atoms with Crippen LogP contribution in [0, 0.1) is 0 Å². The van der Waals surface area contributed by atoms with Crippen molar-refractivity contribution >= 4 is 34.7 Å². The average molecular weight is 245 g/mol. The molecule has 0 saturated carbocycles. The van der Waals surface area contributed by atoms with Crippen LogP contribution in [0.5, 0.6) is 0 Å². The fraction of sp³-hybridized carbons (Fsp3) is 0.182. The summed E-state index contributed by atoms with van der Waals surface area (Å²) >= 11 is 11.8. The molecule has 0 aliphatic rings. The highest BCUT2D eigenvalue weighted by atomic mass is 35.5. The molecule has 0 spiro atoms. The number of hydrogen-bond acceptors (Lipinski definition) is 1. The third-order valence-corrected chi connectivity index (χ3v) is 3.06. The average Bonchev–Trinajstić information content (AvgIpc) is 2.20. The van der Waals surface area contributed by atoms with Crippen LogP contribution in [-0.4, -0.2) is 11.1 Å². The second kappa shape index (κ2) is 4.69. The van der Waals surface area contributed by atoms with E-state index in [-0.39, 0.29) is 5.57 Å². The third kappa shape index (κ3) is 2.52. The first-order valence-electron chi connectivity index (χ1n) is 4.30. The second-order valence-electron chi connectivity index (χ2n) is 3.16. The number of aliphatic carboxylic acids is 1. The van der Waals surface area contributed by atoms with Crippen LogP contribution in [0.15, 0.2) is 23.8 Å². The Bertz CT molecular complexity index is 436. The minimum absolute atomic E-state index is 0.263. The molecule has 2 nitrogen and oxygen atoms in total. The van der Waals surface area contributed by atoms with Crippen molar-refractivity contribution in [3.8, 4) is 0 Å². The molecule has 0 aliphatic carbocycles. The summed E-state index contributed by atoms with van der Waals surface area (Å²) in [5.41, 5.74) is 1.54. The van der Waals surface area contributed by atoms with E-state index in [0.29, 0.717) is 21.2 Å². The van der Waals surface area contributed by atoms with Crippen molar-refractivity contribution in [3.63, 3.8) is 0 Å². The van der Waals surface area contributed by atoms with Gasteiger partial charge in [-0.05, 0) is 31.1 Å². The molecule has 0 radical (unpaired) electrons. The van der Waals surface area contributed by atoms with Crippen molar-refractivity contribution in [3.05, 3.63) is 39.4 Å². The van der Waals surface area contributed by atoms with Crippen molar-refractivity contribution in [2.75, 3.05) is 0 Å². The molecule has 1 aromatic carbocycles. The number of benzene rings is 1. The van der Waals surface area contributed by atoms with E-state index in [0.717, 1.165) is 0 Å². The normalized spacial score (nSPS) is 12.3. The summed E-state index contributed by atoms with van der Waals surface area (Å²) in [7, 11) is 0. The van der Waals surface area contributed by atoms with E-state index < -0.39 is 5.97 Å². The van der Waals surface area contributed by atoms with E-state index in [1.165, 1.54) is 6.92 Å². The summed E-state index contributed by atoms with van der Waals surface area (Å²) in [6, 6.07) is 5.15. The van der Waals surface area contributed by atoms with Gasteiger partial charge < -0.3 is 5.11 Å². The lowest BCUT2D eigenvalue weighted by atomic mass is 10.0. The molecule has 80 valence electrons. The van der Waals surface area contributed by atoms with E-state index in [1.54, 1.807) is 25.1 Å². The Kier molecular flexibility index (Phi) is 3.77. The van der Waals surface area contributed by atoms with Crippen LogP contribution in [0.3, 0.4) is 0 Å². The van der Waals surface area contributed by atoms with Gasteiger partial charge in [0.1, 0.15) is 0 Å². The minimum Gasteiger partial charge on any atom is -0.478 e. The van der Waals surface area contributed by atoms with E-state index in [1.807, 2.05) is 0 Å². The van der Waals surface area contributed by atoms with Crippen molar-refractivity contribution < 1.29 is 9.90 Å². The van der Waals surface area contributed by atoms with Gasteiger partial charge in [0.05, 0.1) is 10.0 Å². The predicted molar refractivity (Wildman–Crippen MR) is 62.4 cm³/mol. The maximum atomic E-state index is 10.8. The molecule has 1 aromatic rings. The smallest absolute Gasteiger partial charge is 0.331 e. The quantitative estimate of drug-likeness (QED) is 0.803. The molecular weight excluding hydrogens is 235 g/mol. The number of hydrogen-bond donors (Lipinski definition) is 1. The van der Waals surface area contributed by atoms with Gasteiger partial charge in [-0.3, -0.25) is 0 Å². The molecule has 15 heavy (non-hydrogen) atoms. The highest BCUT2D eigenvalue weighted by Gasteiger charge is 2.11. The standard InChI is InChI=1S/C11H10Cl2O2/c1-6(7(2)11(14)15)8-4-3-5-9(12)10(8)13/h3-5H,1-2H3,(H,14,15)/b7-6+. The van der Waals surface area contributed by atoms with Gasteiger partial charge in [0, 0.05) is 5.57 Å². The molecule has 4 heteroatoms. The van der Waals surface area contributed by atoms with Gasteiger partial charge in [0.15, 0.2) is 0 Å². The molecule has 0 aromatic heterocycles. The van der Waals surface area contributed by atoms with Crippen LogP contribution >= 0.6 is 23.2 Å². The lowest BCUT2D eigenvalue weighted by Crippen LogP contribution is -1.99. The Balaban J connectivity index is 3.35. The van der Waals surface area contributed by atoms with E-state index in [2.05, 4.69) is 0 Å². The summed E-state index contributed by atoms with van der Waals surface area (Å²) in [6.07, 6.45) is 0. The van der Waals surface area contributed by atoms with E-state index in [9.17, 15) is 4.79 Å². The molecule has 0 heterocycles. The highest BCUT2D eigenvalue weighted by Crippen LogP contribution is 2.31. The molecule has 1 rings (SSSR count). The minimum atomic E-state index is -0.955. The van der Waals surface area contributed by atoms with E-state index >= 15 is 0 Å². The zero-order chi connectivity index (χ0) is 11.6.